The van der Waals surface area contributed by atoms with E-state index in [4.69, 9.17) is 11.6 Å². The molecule has 8 heavy (non-hydrogen) atoms. The van der Waals surface area contributed by atoms with Gasteiger partial charge in [0.15, 0.2) is 0 Å². The van der Waals surface area contributed by atoms with E-state index in [9.17, 15) is 0 Å². The van der Waals surface area contributed by atoms with Gasteiger partial charge in [-0.05, 0) is 0 Å². The molecule has 2 nitrogen and oxygen atoms in total. The van der Waals surface area contributed by atoms with Crippen LogP contribution in [0.1, 0.15) is 12.7 Å². The van der Waals surface area contributed by atoms with Crippen molar-refractivity contribution in [3.05, 3.63) is 23.6 Å². The van der Waals surface area contributed by atoms with Gasteiger partial charge in [-0.25, -0.2) is 4.98 Å². The van der Waals surface area contributed by atoms with Crippen molar-refractivity contribution < 1.29 is 0 Å². The highest BCUT2D eigenvalue weighted by molar-refractivity contribution is 6.29. The number of aromatic nitrogens is 2. The summed E-state index contributed by atoms with van der Waals surface area (Å²) >= 11 is 5.50. The molecule has 1 rings (SSSR count). The number of nitrogens with zero attached hydrogens (tertiary/aromatic N) is 1. The Morgan fingerprint density at radius 3 is 2.88 bits per heavy atom. The lowest BCUT2D eigenvalue weighted by Gasteiger charge is -1.80. The van der Waals surface area contributed by atoms with E-state index in [0.717, 1.165) is 5.82 Å². The van der Waals surface area contributed by atoms with E-state index in [0.29, 0.717) is 5.15 Å². The molecule has 1 aromatic rings. The van der Waals surface area contributed by atoms with Crippen LogP contribution >= 0.6 is 11.6 Å². The fraction of sp³-hybridized carbons (Fsp3) is 0.200. The lowest BCUT2D eigenvalue weighted by Crippen LogP contribution is -1.76. The van der Waals surface area contributed by atoms with Crippen LogP contribution in [-0.4, -0.2) is 9.97 Å². The Kier molecular flexibility index (Phi) is 1.53. The van der Waals surface area contributed by atoms with Crippen LogP contribution in [0, 0.1) is 6.42 Å². The summed E-state index contributed by atoms with van der Waals surface area (Å²) in [4.78, 5) is 6.72. The maximum absolute atomic E-state index is 5.50. The first kappa shape index (κ1) is 5.63. The average molecular weight is 130 g/mol. The molecule has 0 saturated heterocycles. The van der Waals surface area contributed by atoms with Crippen molar-refractivity contribution in [2.24, 2.45) is 0 Å². The Morgan fingerprint density at radius 2 is 2.62 bits per heavy atom. The van der Waals surface area contributed by atoms with Gasteiger partial charge in [-0.1, -0.05) is 18.5 Å². The number of hydrogen-bond donors (Lipinski definition) is 1. The van der Waals surface area contributed by atoms with E-state index >= 15 is 0 Å². The topological polar surface area (TPSA) is 28.7 Å². The van der Waals surface area contributed by atoms with Crippen LogP contribution in [0.2, 0.25) is 5.15 Å². The van der Waals surface area contributed by atoms with Crippen molar-refractivity contribution in [3.63, 3.8) is 0 Å². The zero-order chi connectivity index (χ0) is 5.98. The predicted molar refractivity (Wildman–Crippen MR) is 32.7 cm³/mol. The van der Waals surface area contributed by atoms with Gasteiger partial charge >= 0.3 is 0 Å². The molecule has 43 valence electrons. The maximum Gasteiger partial charge on any atom is 0.126 e. The van der Waals surface area contributed by atoms with Crippen LogP contribution in [0.5, 0.6) is 0 Å². The van der Waals surface area contributed by atoms with E-state index in [2.05, 4.69) is 9.97 Å². The Balaban J connectivity index is 2.84. The first-order chi connectivity index (χ1) is 3.83. The van der Waals surface area contributed by atoms with Crippen molar-refractivity contribution in [3.8, 4) is 0 Å². The van der Waals surface area contributed by atoms with Gasteiger partial charge in [0.25, 0.3) is 0 Å². The third-order valence-corrected chi connectivity index (χ3v) is 1.03. The normalized spacial score (nSPS) is 9.75. The Hall–Kier alpha value is -0.500. The van der Waals surface area contributed by atoms with Crippen LogP contribution < -0.4 is 0 Å². The highest BCUT2D eigenvalue weighted by atomic mass is 35.5. The maximum atomic E-state index is 5.50. The standard InChI is InChI=1S/C5H6ClN2/c1-2-5-7-3-4(6)8-5/h2-3H,1H3,(H,7,8). The quantitative estimate of drug-likeness (QED) is 0.614. The molecule has 3 heteroatoms. The molecular weight excluding hydrogens is 124 g/mol. The molecule has 1 N–H and O–H groups in total. The molecule has 0 unspecified atom stereocenters. The molecule has 0 aliphatic rings. The average Bonchev–Trinajstić information content (AvgIpc) is 2.14. The second-order valence-corrected chi connectivity index (χ2v) is 1.81. The summed E-state index contributed by atoms with van der Waals surface area (Å²) in [7, 11) is 0. The summed E-state index contributed by atoms with van der Waals surface area (Å²) in [6.07, 6.45) is 3.43. The van der Waals surface area contributed by atoms with Crippen molar-refractivity contribution in [2.45, 2.75) is 6.92 Å². The fourth-order valence-electron chi connectivity index (χ4n) is 0.460. The van der Waals surface area contributed by atoms with Crippen molar-refractivity contribution >= 4 is 11.6 Å². The summed E-state index contributed by atoms with van der Waals surface area (Å²) in [6, 6.07) is 0. The number of imidazole rings is 1. The highest BCUT2D eigenvalue weighted by Gasteiger charge is 1.91. The monoisotopic (exact) mass is 129 g/mol. The summed E-state index contributed by atoms with van der Waals surface area (Å²) < 4.78 is 0. The van der Waals surface area contributed by atoms with Crippen LogP contribution in [-0.2, 0) is 0 Å². The number of nitrogens with one attached hydrogen (secondary N) is 1. The van der Waals surface area contributed by atoms with E-state index in [-0.39, 0.29) is 0 Å². The van der Waals surface area contributed by atoms with E-state index < -0.39 is 0 Å². The highest BCUT2D eigenvalue weighted by Crippen LogP contribution is 2.03. The minimum Gasteiger partial charge on any atom is -0.333 e. The van der Waals surface area contributed by atoms with Crippen molar-refractivity contribution in [1.29, 1.82) is 0 Å². The summed E-state index contributed by atoms with van der Waals surface area (Å²) in [5, 5.41) is 0.582. The lowest BCUT2D eigenvalue weighted by molar-refractivity contribution is 1.16. The van der Waals surface area contributed by atoms with Crippen LogP contribution in [0.3, 0.4) is 0 Å². The van der Waals surface area contributed by atoms with Crippen molar-refractivity contribution in [2.75, 3.05) is 0 Å². The molecule has 0 saturated carbocycles. The molecule has 0 amide bonds. The molecule has 0 fully saturated rings. The fourth-order valence-corrected chi connectivity index (χ4v) is 0.605. The molecule has 0 aromatic carbocycles. The summed E-state index contributed by atoms with van der Waals surface area (Å²) in [6.45, 7) is 1.90. The summed E-state index contributed by atoms with van der Waals surface area (Å²) in [5.74, 6) is 0.815. The second-order valence-electron chi connectivity index (χ2n) is 1.41. The van der Waals surface area contributed by atoms with Gasteiger partial charge in [0.05, 0.1) is 6.20 Å². The third kappa shape index (κ3) is 1.01. The van der Waals surface area contributed by atoms with Gasteiger partial charge in [0.1, 0.15) is 11.0 Å². The Bertz CT molecular complexity index is 171. The van der Waals surface area contributed by atoms with E-state index in [1.54, 1.807) is 6.20 Å². The smallest absolute Gasteiger partial charge is 0.126 e. The van der Waals surface area contributed by atoms with Gasteiger partial charge in [0.2, 0.25) is 0 Å². The number of aromatic amines is 1. The van der Waals surface area contributed by atoms with Gasteiger partial charge < -0.3 is 4.98 Å². The molecule has 1 heterocycles. The number of halogens is 1. The Morgan fingerprint density at radius 1 is 1.88 bits per heavy atom. The summed E-state index contributed by atoms with van der Waals surface area (Å²) in [5.41, 5.74) is 0. The minimum absolute atomic E-state index is 0.582. The lowest BCUT2D eigenvalue weighted by atomic mass is 10.5. The molecule has 0 aliphatic carbocycles. The molecule has 0 spiro atoms. The number of hydrogen-bond acceptors (Lipinski definition) is 1. The van der Waals surface area contributed by atoms with Crippen LogP contribution in [0.25, 0.3) is 0 Å². The molecule has 1 radical (unpaired) electrons. The Labute approximate surface area is 52.9 Å². The third-order valence-electron chi connectivity index (χ3n) is 0.838. The first-order valence-electron chi connectivity index (χ1n) is 2.33. The van der Waals surface area contributed by atoms with Gasteiger partial charge in [-0.2, -0.15) is 0 Å². The van der Waals surface area contributed by atoms with Gasteiger partial charge in [-0.3, -0.25) is 0 Å². The molecular formula is C5H6ClN2. The molecule has 1 aromatic heterocycles. The van der Waals surface area contributed by atoms with Crippen LogP contribution in [0.4, 0.5) is 0 Å². The predicted octanol–water partition coefficient (Wildman–Crippen LogP) is 1.64. The van der Waals surface area contributed by atoms with E-state index in [1.807, 2.05) is 13.3 Å². The number of rotatable bonds is 1. The SMILES string of the molecule is C[CH]c1ncc(Cl)[nH]1. The minimum atomic E-state index is 0.582. The largest absolute Gasteiger partial charge is 0.333 e. The molecule has 0 bridgehead atoms. The van der Waals surface area contributed by atoms with Gasteiger partial charge in [0, 0.05) is 6.42 Å². The van der Waals surface area contributed by atoms with Gasteiger partial charge in [-0.15, -0.1) is 0 Å². The van der Waals surface area contributed by atoms with Crippen molar-refractivity contribution in [1.82, 2.24) is 9.97 Å². The van der Waals surface area contributed by atoms with E-state index in [1.165, 1.54) is 0 Å². The first-order valence-corrected chi connectivity index (χ1v) is 2.70. The number of H-pyrrole nitrogens is 1. The zero-order valence-electron chi connectivity index (χ0n) is 4.48. The molecule has 0 aliphatic heterocycles. The second kappa shape index (κ2) is 2.18. The zero-order valence-corrected chi connectivity index (χ0v) is 5.24. The van der Waals surface area contributed by atoms with Crippen LogP contribution in [0.15, 0.2) is 6.20 Å². The molecule has 0 atom stereocenters.